The molecule has 2 rings (SSSR count). The Morgan fingerprint density at radius 1 is 1.32 bits per heavy atom. The summed E-state index contributed by atoms with van der Waals surface area (Å²) in [5.74, 6) is 0.241. The van der Waals surface area contributed by atoms with Crippen molar-refractivity contribution < 1.29 is 4.79 Å². The van der Waals surface area contributed by atoms with Gasteiger partial charge in [0.05, 0.1) is 5.25 Å². The number of piperidine rings is 1. The molecule has 2 N–H and O–H groups in total. The summed E-state index contributed by atoms with van der Waals surface area (Å²) in [6.07, 6.45) is 3.52. The van der Waals surface area contributed by atoms with Crippen molar-refractivity contribution in [1.29, 1.82) is 0 Å². The molecule has 0 saturated carbocycles. The number of nitrogens with zero attached hydrogens (tertiary/aromatic N) is 1. The average Bonchev–Trinajstić information content (AvgIpc) is 2.43. The quantitative estimate of drug-likeness (QED) is 0.683. The number of hydrogen-bond donors (Lipinski definition) is 1. The van der Waals surface area contributed by atoms with Crippen LogP contribution in [0.1, 0.15) is 31.7 Å². The Kier molecular flexibility index (Phi) is 4.75. The van der Waals surface area contributed by atoms with Gasteiger partial charge in [-0.3, -0.25) is 4.79 Å². The molecule has 1 aromatic rings. The third kappa shape index (κ3) is 3.66. The fourth-order valence-electron chi connectivity index (χ4n) is 2.36. The molecule has 1 aliphatic rings. The van der Waals surface area contributed by atoms with Crippen LogP contribution in [-0.4, -0.2) is 29.1 Å². The summed E-state index contributed by atoms with van der Waals surface area (Å²) in [7, 11) is 0. The maximum atomic E-state index is 12.4. The Balaban J connectivity index is 2.01. The molecule has 1 saturated heterocycles. The van der Waals surface area contributed by atoms with E-state index in [-0.39, 0.29) is 11.2 Å². The number of thioether (sulfide) groups is 1. The lowest BCUT2D eigenvalue weighted by atomic mass is 10.1. The van der Waals surface area contributed by atoms with Gasteiger partial charge in [-0.2, -0.15) is 0 Å². The van der Waals surface area contributed by atoms with E-state index in [1.54, 1.807) is 11.8 Å². The number of likely N-dealkylation sites (tertiary alicyclic amines) is 1. The molecule has 1 unspecified atom stereocenters. The van der Waals surface area contributed by atoms with Gasteiger partial charge in [-0.05, 0) is 50.8 Å². The lowest BCUT2D eigenvalue weighted by Crippen LogP contribution is -2.40. The van der Waals surface area contributed by atoms with E-state index in [1.165, 1.54) is 12.0 Å². The summed E-state index contributed by atoms with van der Waals surface area (Å²) >= 11 is 1.57. The minimum absolute atomic E-state index is 0.0674. The standard InChI is InChI=1S/C15H22N2OS/c1-11-6-7-13(16)14(10-11)19-12(2)15(18)17-8-4-3-5-9-17/h6-7,10,12H,3-5,8-9,16H2,1-2H3. The molecule has 1 amide bonds. The van der Waals surface area contributed by atoms with Crippen LogP contribution in [0.2, 0.25) is 0 Å². The zero-order valence-electron chi connectivity index (χ0n) is 11.7. The fraction of sp³-hybridized carbons (Fsp3) is 0.533. The number of nitrogens with two attached hydrogens (primary N) is 1. The highest BCUT2D eigenvalue weighted by molar-refractivity contribution is 8.00. The molecule has 0 radical (unpaired) electrons. The number of hydrogen-bond acceptors (Lipinski definition) is 3. The maximum absolute atomic E-state index is 12.4. The Hall–Kier alpha value is -1.16. The Bertz CT molecular complexity index is 455. The molecule has 1 fully saturated rings. The third-order valence-corrected chi connectivity index (χ3v) is 4.65. The number of benzene rings is 1. The number of amides is 1. The smallest absolute Gasteiger partial charge is 0.235 e. The molecule has 0 bridgehead atoms. The minimum Gasteiger partial charge on any atom is -0.398 e. The highest BCUT2D eigenvalue weighted by Gasteiger charge is 2.23. The van der Waals surface area contributed by atoms with Gasteiger partial charge in [0.25, 0.3) is 0 Å². The molecule has 0 aromatic heterocycles. The van der Waals surface area contributed by atoms with Gasteiger partial charge in [0.15, 0.2) is 0 Å². The van der Waals surface area contributed by atoms with Crippen molar-refractivity contribution in [1.82, 2.24) is 4.90 Å². The van der Waals surface area contributed by atoms with E-state index in [0.717, 1.165) is 36.5 Å². The number of nitrogen functional groups attached to an aromatic ring is 1. The van der Waals surface area contributed by atoms with Crippen molar-refractivity contribution in [3.8, 4) is 0 Å². The van der Waals surface area contributed by atoms with Gasteiger partial charge < -0.3 is 10.6 Å². The van der Waals surface area contributed by atoms with Crippen molar-refractivity contribution in [2.45, 2.75) is 43.3 Å². The minimum atomic E-state index is -0.0674. The zero-order valence-corrected chi connectivity index (χ0v) is 12.5. The molecular formula is C15H22N2OS. The molecule has 104 valence electrons. The second-order valence-corrected chi connectivity index (χ2v) is 6.57. The first-order valence-corrected chi connectivity index (χ1v) is 7.77. The summed E-state index contributed by atoms with van der Waals surface area (Å²) in [6, 6.07) is 5.96. The van der Waals surface area contributed by atoms with Crippen molar-refractivity contribution in [3.63, 3.8) is 0 Å². The second kappa shape index (κ2) is 6.33. The van der Waals surface area contributed by atoms with Gasteiger partial charge in [0.2, 0.25) is 5.91 Å². The Morgan fingerprint density at radius 2 is 2.00 bits per heavy atom. The average molecular weight is 278 g/mol. The van der Waals surface area contributed by atoms with Crippen LogP contribution in [0.3, 0.4) is 0 Å². The number of carbonyl (C=O) groups excluding carboxylic acids is 1. The van der Waals surface area contributed by atoms with E-state index in [9.17, 15) is 4.79 Å². The van der Waals surface area contributed by atoms with Crippen LogP contribution in [0.4, 0.5) is 5.69 Å². The third-order valence-electron chi connectivity index (χ3n) is 3.49. The Labute approximate surface area is 119 Å². The van der Waals surface area contributed by atoms with Gasteiger partial charge in [-0.25, -0.2) is 0 Å². The van der Waals surface area contributed by atoms with E-state index in [1.807, 2.05) is 30.9 Å². The summed E-state index contributed by atoms with van der Waals surface area (Å²) < 4.78 is 0. The Morgan fingerprint density at radius 3 is 2.68 bits per heavy atom. The molecule has 19 heavy (non-hydrogen) atoms. The van der Waals surface area contributed by atoms with Crippen molar-refractivity contribution in [3.05, 3.63) is 23.8 Å². The lowest BCUT2D eigenvalue weighted by Gasteiger charge is -2.29. The molecule has 1 atom stereocenters. The van der Waals surface area contributed by atoms with Gasteiger partial charge in [-0.1, -0.05) is 6.07 Å². The van der Waals surface area contributed by atoms with E-state index in [2.05, 4.69) is 6.07 Å². The fourth-order valence-corrected chi connectivity index (χ4v) is 3.44. The normalized spacial score (nSPS) is 17.3. The molecule has 3 nitrogen and oxygen atoms in total. The van der Waals surface area contributed by atoms with Gasteiger partial charge in [0, 0.05) is 23.7 Å². The van der Waals surface area contributed by atoms with E-state index in [4.69, 9.17) is 5.73 Å². The number of anilines is 1. The van der Waals surface area contributed by atoms with Gasteiger partial charge in [0.1, 0.15) is 0 Å². The lowest BCUT2D eigenvalue weighted by molar-refractivity contribution is -0.131. The van der Waals surface area contributed by atoms with Crippen molar-refractivity contribution >= 4 is 23.4 Å². The van der Waals surface area contributed by atoms with Crippen LogP contribution in [0.5, 0.6) is 0 Å². The highest BCUT2D eigenvalue weighted by Crippen LogP contribution is 2.30. The SMILES string of the molecule is Cc1ccc(N)c(SC(C)C(=O)N2CCCCC2)c1. The molecule has 1 aliphatic heterocycles. The molecule has 4 heteroatoms. The van der Waals surface area contributed by atoms with Crippen molar-refractivity contribution in [2.24, 2.45) is 0 Å². The number of rotatable bonds is 3. The van der Waals surface area contributed by atoms with Gasteiger partial charge in [-0.15, -0.1) is 11.8 Å². The number of aryl methyl sites for hydroxylation is 1. The van der Waals surface area contributed by atoms with E-state index < -0.39 is 0 Å². The van der Waals surface area contributed by atoms with Crippen LogP contribution in [0, 0.1) is 6.92 Å². The summed E-state index contributed by atoms with van der Waals surface area (Å²) in [5, 5.41) is -0.0674. The number of carbonyl (C=O) groups is 1. The molecule has 0 aliphatic carbocycles. The zero-order chi connectivity index (χ0) is 13.8. The molecule has 1 aromatic carbocycles. The molecule has 1 heterocycles. The predicted octanol–water partition coefficient (Wildman–Crippen LogP) is 3.07. The highest BCUT2D eigenvalue weighted by atomic mass is 32.2. The second-order valence-electron chi connectivity index (χ2n) is 5.19. The van der Waals surface area contributed by atoms with Crippen LogP contribution < -0.4 is 5.73 Å². The van der Waals surface area contributed by atoms with Crippen LogP contribution in [-0.2, 0) is 4.79 Å². The maximum Gasteiger partial charge on any atom is 0.235 e. The molecule has 0 spiro atoms. The van der Waals surface area contributed by atoms with E-state index >= 15 is 0 Å². The summed E-state index contributed by atoms with van der Waals surface area (Å²) in [4.78, 5) is 15.4. The summed E-state index contributed by atoms with van der Waals surface area (Å²) in [6.45, 7) is 5.84. The molecular weight excluding hydrogens is 256 g/mol. The monoisotopic (exact) mass is 278 g/mol. The van der Waals surface area contributed by atoms with Crippen molar-refractivity contribution in [2.75, 3.05) is 18.8 Å². The first-order chi connectivity index (χ1) is 9.08. The van der Waals surface area contributed by atoms with E-state index in [0.29, 0.717) is 0 Å². The largest absolute Gasteiger partial charge is 0.398 e. The predicted molar refractivity (Wildman–Crippen MR) is 81.3 cm³/mol. The first-order valence-electron chi connectivity index (χ1n) is 6.89. The van der Waals surface area contributed by atoms with Crippen LogP contribution >= 0.6 is 11.8 Å². The summed E-state index contributed by atoms with van der Waals surface area (Å²) in [5.41, 5.74) is 7.90. The van der Waals surface area contributed by atoms with Crippen LogP contribution in [0.15, 0.2) is 23.1 Å². The first kappa shape index (κ1) is 14.3. The topological polar surface area (TPSA) is 46.3 Å². The van der Waals surface area contributed by atoms with Gasteiger partial charge >= 0.3 is 0 Å². The van der Waals surface area contributed by atoms with Crippen LogP contribution in [0.25, 0.3) is 0 Å².